The second-order valence-electron chi connectivity index (χ2n) is 6.38. The number of carbonyl (C=O) groups is 1. The number of amides is 1. The number of hydrogen-bond donors (Lipinski definition) is 3. The zero-order valence-corrected chi connectivity index (χ0v) is 14.7. The Bertz CT molecular complexity index is 905. The van der Waals surface area contributed by atoms with Gasteiger partial charge in [-0.05, 0) is 37.2 Å². The van der Waals surface area contributed by atoms with Gasteiger partial charge in [0.1, 0.15) is 5.75 Å². The van der Waals surface area contributed by atoms with Crippen molar-refractivity contribution in [3.05, 3.63) is 62.9 Å². The number of hydrogen-bond acceptors (Lipinski definition) is 6. The van der Waals surface area contributed by atoms with E-state index in [1.165, 1.54) is 21.7 Å². The molecule has 27 heavy (non-hydrogen) atoms. The van der Waals surface area contributed by atoms with E-state index in [0.717, 1.165) is 6.42 Å². The summed E-state index contributed by atoms with van der Waals surface area (Å²) in [4.78, 5) is 39.5. The van der Waals surface area contributed by atoms with E-state index in [1.54, 1.807) is 24.3 Å². The number of rotatable bonds is 6. The molecule has 0 bridgehead atoms. The summed E-state index contributed by atoms with van der Waals surface area (Å²) < 4.78 is 6.75. The summed E-state index contributed by atoms with van der Waals surface area (Å²) in [5.74, 6) is 0.404. The molecule has 1 saturated heterocycles. The Morgan fingerprint density at radius 1 is 1.22 bits per heavy atom. The molecule has 144 valence electrons. The highest BCUT2D eigenvalue weighted by Gasteiger charge is 2.36. The van der Waals surface area contributed by atoms with Crippen LogP contribution in [0.5, 0.6) is 5.75 Å². The number of benzene rings is 1. The number of β-amino-alcohol motifs (C(OH)–C–C–N with tert-alkyl or cyclic N) is 1. The molecule has 0 spiro atoms. The molecule has 9 nitrogen and oxygen atoms in total. The molecule has 1 amide bonds. The highest BCUT2D eigenvalue weighted by Crippen LogP contribution is 2.23. The lowest BCUT2D eigenvalue weighted by atomic mass is 10.2. The fourth-order valence-corrected chi connectivity index (χ4v) is 3.05. The van der Waals surface area contributed by atoms with Crippen molar-refractivity contribution in [3.63, 3.8) is 0 Å². The van der Waals surface area contributed by atoms with Gasteiger partial charge >= 0.3 is 5.69 Å². The zero-order chi connectivity index (χ0) is 19.4. The molecule has 1 aliphatic heterocycles. The van der Waals surface area contributed by atoms with Crippen LogP contribution in [0.1, 0.15) is 22.8 Å². The van der Waals surface area contributed by atoms with Crippen molar-refractivity contribution >= 4 is 5.91 Å². The number of aliphatic hydroxyl groups excluding tert-OH is 1. The van der Waals surface area contributed by atoms with Gasteiger partial charge in [0.2, 0.25) is 0 Å². The summed E-state index contributed by atoms with van der Waals surface area (Å²) in [6.45, 7) is 1.33. The number of likely N-dealkylation sites (tertiary alicyclic amines) is 1. The number of aromatic nitrogens is 2. The lowest BCUT2D eigenvalue weighted by Crippen LogP contribution is -2.36. The first kappa shape index (κ1) is 18.9. The van der Waals surface area contributed by atoms with Crippen LogP contribution >= 0.6 is 0 Å². The van der Waals surface area contributed by atoms with E-state index >= 15 is 0 Å². The summed E-state index contributed by atoms with van der Waals surface area (Å²) in [5, 5.41) is 10.3. The van der Waals surface area contributed by atoms with Crippen molar-refractivity contribution in [2.75, 3.05) is 26.2 Å². The molecule has 0 aliphatic carbocycles. The Hall–Kier alpha value is -2.91. The maximum Gasteiger partial charge on any atom is 0.328 e. The standard InChI is InChI=1S/C18H22N4O5/c19-7-1-9-27-13-4-2-12(3-5-13)17(25)21-10-14(15(23)11-21)22-8-6-16(24)20-18(22)26/h2-6,8,14-15,23H,1,7,9-11,19H2,(H,20,24,26)/t14-,15-/m1/s1. The minimum atomic E-state index is -0.906. The zero-order valence-electron chi connectivity index (χ0n) is 14.7. The van der Waals surface area contributed by atoms with Crippen LogP contribution in [0.3, 0.4) is 0 Å². The molecule has 2 heterocycles. The fourth-order valence-electron chi connectivity index (χ4n) is 3.05. The Labute approximate surface area is 155 Å². The number of nitrogens with two attached hydrogens (primary N) is 1. The van der Waals surface area contributed by atoms with E-state index in [-0.39, 0.29) is 19.0 Å². The largest absolute Gasteiger partial charge is 0.494 e. The fraction of sp³-hybridized carbons (Fsp3) is 0.389. The Morgan fingerprint density at radius 3 is 2.63 bits per heavy atom. The van der Waals surface area contributed by atoms with Gasteiger partial charge in [0.05, 0.1) is 18.8 Å². The van der Waals surface area contributed by atoms with Gasteiger partial charge in [-0.2, -0.15) is 0 Å². The molecule has 4 N–H and O–H groups in total. The third kappa shape index (κ3) is 4.26. The molecule has 0 saturated carbocycles. The number of aromatic amines is 1. The maximum absolute atomic E-state index is 12.7. The smallest absolute Gasteiger partial charge is 0.328 e. The normalized spacial score (nSPS) is 19.3. The predicted molar refractivity (Wildman–Crippen MR) is 97.9 cm³/mol. The molecule has 1 aliphatic rings. The van der Waals surface area contributed by atoms with Crippen molar-refractivity contribution in [1.82, 2.24) is 14.5 Å². The van der Waals surface area contributed by atoms with Crippen molar-refractivity contribution in [3.8, 4) is 5.75 Å². The van der Waals surface area contributed by atoms with Crippen LogP contribution in [-0.2, 0) is 0 Å². The molecule has 1 fully saturated rings. The van der Waals surface area contributed by atoms with Crippen molar-refractivity contribution < 1.29 is 14.6 Å². The topological polar surface area (TPSA) is 131 Å². The predicted octanol–water partition coefficient (Wildman–Crippen LogP) is -0.678. The van der Waals surface area contributed by atoms with E-state index < -0.39 is 23.4 Å². The summed E-state index contributed by atoms with van der Waals surface area (Å²) in [6, 6.07) is 7.33. The van der Waals surface area contributed by atoms with Crippen LogP contribution in [0.25, 0.3) is 0 Å². The quantitative estimate of drug-likeness (QED) is 0.575. The van der Waals surface area contributed by atoms with Gasteiger partial charge in [-0.25, -0.2) is 4.79 Å². The molecule has 0 unspecified atom stereocenters. The maximum atomic E-state index is 12.7. The number of nitrogens with one attached hydrogen (secondary N) is 1. The van der Waals surface area contributed by atoms with E-state index in [0.29, 0.717) is 24.5 Å². The van der Waals surface area contributed by atoms with Crippen molar-refractivity contribution in [2.45, 2.75) is 18.6 Å². The number of ether oxygens (including phenoxy) is 1. The minimum absolute atomic E-state index is 0.101. The second kappa shape index (κ2) is 8.19. The monoisotopic (exact) mass is 374 g/mol. The SMILES string of the molecule is NCCCOc1ccc(C(=O)N2C[C@@H](O)[C@H](n3ccc(=O)[nH]c3=O)C2)cc1. The Kier molecular flexibility index (Phi) is 5.72. The van der Waals surface area contributed by atoms with Crippen LogP contribution in [0.15, 0.2) is 46.1 Å². The first-order valence-electron chi connectivity index (χ1n) is 8.71. The van der Waals surface area contributed by atoms with Crippen LogP contribution < -0.4 is 21.7 Å². The summed E-state index contributed by atoms with van der Waals surface area (Å²) >= 11 is 0. The van der Waals surface area contributed by atoms with Gasteiger partial charge in [-0.1, -0.05) is 0 Å². The molecule has 3 rings (SSSR count). The van der Waals surface area contributed by atoms with Gasteiger partial charge in [0, 0.05) is 30.9 Å². The third-order valence-electron chi connectivity index (χ3n) is 4.47. The second-order valence-corrected chi connectivity index (χ2v) is 6.38. The summed E-state index contributed by atoms with van der Waals surface area (Å²) in [6.07, 6.45) is 1.17. The average Bonchev–Trinajstić information content (AvgIpc) is 3.03. The molecule has 2 aromatic rings. The molecule has 9 heteroatoms. The van der Waals surface area contributed by atoms with Gasteiger partial charge in [0.15, 0.2) is 0 Å². The molecular weight excluding hydrogens is 352 g/mol. The number of H-pyrrole nitrogens is 1. The Morgan fingerprint density at radius 2 is 1.96 bits per heavy atom. The van der Waals surface area contributed by atoms with E-state index in [9.17, 15) is 19.5 Å². The molecular formula is C18H22N4O5. The summed E-state index contributed by atoms with van der Waals surface area (Å²) in [5.41, 5.74) is 4.76. The van der Waals surface area contributed by atoms with E-state index in [4.69, 9.17) is 10.5 Å². The van der Waals surface area contributed by atoms with Crippen LogP contribution in [0.2, 0.25) is 0 Å². The summed E-state index contributed by atoms with van der Waals surface area (Å²) in [7, 11) is 0. The van der Waals surface area contributed by atoms with Gasteiger partial charge in [0.25, 0.3) is 11.5 Å². The average molecular weight is 374 g/mol. The number of aliphatic hydroxyl groups is 1. The van der Waals surface area contributed by atoms with Crippen LogP contribution in [0, 0.1) is 0 Å². The molecule has 1 aromatic carbocycles. The van der Waals surface area contributed by atoms with Crippen LogP contribution in [-0.4, -0.2) is 57.8 Å². The first-order valence-corrected chi connectivity index (χ1v) is 8.71. The van der Waals surface area contributed by atoms with E-state index in [2.05, 4.69) is 4.98 Å². The number of carbonyl (C=O) groups excluding carboxylic acids is 1. The lowest BCUT2D eigenvalue weighted by Gasteiger charge is -2.17. The Balaban J connectivity index is 1.69. The van der Waals surface area contributed by atoms with Crippen LogP contribution in [0.4, 0.5) is 0 Å². The first-order chi connectivity index (χ1) is 13.0. The third-order valence-corrected chi connectivity index (χ3v) is 4.47. The number of nitrogens with zero attached hydrogens (tertiary/aromatic N) is 2. The van der Waals surface area contributed by atoms with Gasteiger partial charge in [-0.15, -0.1) is 0 Å². The lowest BCUT2D eigenvalue weighted by molar-refractivity contribution is 0.0764. The highest BCUT2D eigenvalue weighted by molar-refractivity contribution is 5.94. The van der Waals surface area contributed by atoms with Gasteiger partial charge in [-0.3, -0.25) is 19.1 Å². The van der Waals surface area contributed by atoms with Crippen molar-refractivity contribution in [1.29, 1.82) is 0 Å². The molecule has 1 aromatic heterocycles. The highest BCUT2D eigenvalue weighted by atomic mass is 16.5. The minimum Gasteiger partial charge on any atom is -0.494 e. The van der Waals surface area contributed by atoms with Gasteiger partial charge < -0.3 is 20.5 Å². The van der Waals surface area contributed by atoms with Crippen molar-refractivity contribution in [2.24, 2.45) is 5.73 Å². The molecule has 0 radical (unpaired) electrons. The van der Waals surface area contributed by atoms with E-state index in [1.807, 2.05) is 0 Å². The molecule has 2 atom stereocenters.